The molecule has 0 radical (unpaired) electrons. The molecule has 0 aliphatic carbocycles. The number of fused-ring (bicyclic) bond motifs is 1. The molecule has 0 saturated heterocycles. The number of carboxylic acid groups (broad SMARTS) is 1. The summed E-state index contributed by atoms with van der Waals surface area (Å²) in [5.74, 6) is 0.296. The largest absolute Gasteiger partial charge is 0.494 e. The summed E-state index contributed by atoms with van der Waals surface area (Å²) in [6.45, 7) is 2.93. The number of nitrogens with zero attached hydrogens (tertiary/aromatic N) is 2. The molecule has 0 spiro atoms. The number of para-hydroxylation sites is 1. The van der Waals surface area contributed by atoms with Gasteiger partial charge in [0.2, 0.25) is 0 Å². The molecule has 0 fully saturated rings. The van der Waals surface area contributed by atoms with Crippen molar-refractivity contribution in [3.63, 3.8) is 0 Å². The van der Waals surface area contributed by atoms with Crippen molar-refractivity contribution in [3.05, 3.63) is 70.3 Å². The van der Waals surface area contributed by atoms with Gasteiger partial charge in [-0.25, -0.2) is 4.98 Å². The molecule has 0 bridgehead atoms. The number of unbranched alkanes of at least 4 members (excludes halogenated alkanes) is 2. The average molecular weight is 406 g/mol. The molecule has 0 aliphatic rings. The molecule has 1 heterocycles. The van der Waals surface area contributed by atoms with Gasteiger partial charge in [-0.05, 0) is 42.3 Å². The minimum absolute atomic E-state index is 0.0657. The minimum Gasteiger partial charge on any atom is -0.494 e. The van der Waals surface area contributed by atoms with Crippen molar-refractivity contribution in [1.29, 1.82) is 0 Å². The molecule has 1 aromatic heterocycles. The normalized spacial score (nSPS) is 11.2. The minimum atomic E-state index is -0.959. The highest BCUT2D eigenvalue weighted by atomic mass is 16.5. The van der Waals surface area contributed by atoms with Crippen LogP contribution in [0.3, 0.4) is 0 Å². The molecule has 1 N–H and O–H groups in total. The zero-order valence-corrected chi connectivity index (χ0v) is 17.1. The lowest BCUT2D eigenvalue weighted by Crippen LogP contribution is -2.25. The summed E-state index contributed by atoms with van der Waals surface area (Å²) in [7, 11) is 0. The molecule has 156 valence electrons. The second-order valence-corrected chi connectivity index (χ2v) is 7.05. The maximum atomic E-state index is 12.8. The fraction of sp³-hybridized carbons (Fsp3) is 0.292. The number of carboxylic acids is 1. The zero-order chi connectivity index (χ0) is 21.3. The Balaban J connectivity index is 1.83. The number of carbonyl (C=O) groups is 1. The van der Waals surface area contributed by atoms with E-state index in [4.69, 9.17) is 9.84 Å². The highest BCUT2D eigenvalue weighted by Gasteiger charge is 2.10. The van der Waals surface area contributed by atoms with E-state index in [9.17, 15) is 9.59 Å². The van der Waals surface area contributed by atoms with Crippen molar-refractivity contribution in [1.82, 2.24) is 9.55 Å². The van der Waals surface area contributed by atoms with Crippen LogP contribution >= 0.6 is 0 Å². The van der Waals surface area contributed by atoms with Crippen molar-refractivity contribution in [2.24, 2.45) is 0 Å². The molecule has 30 heavy (non-hydrogen) atoms. The van der Waals surface area contributed by atoms with Gasteiger partial charge in [0.25, 0.3) is 5.56 Å². The predicted octanol–water partition coefficient (Wildman–Crippen LogP) is 4.61. The SMILES string of the molecule is CCCCCOc1ccc(/C=C/c2nc3ccccc3c(=O)n2CCC(=O)O)cc1. The van der Waals surface area contributed by atoms with Crippen LogP contribution in [-0.2, 0) is 11.3 Å². The molecule has 6 heteroatoms. The van der Waals surface area contributed by atoms with Crippen LogP contribution in [0.2, 0.25) is 0 Å². The molecule has 0 atom stereocenters. The number of benzene rings is 2. The van der Waals surface area contributed by atoms with Gasteiger partial charge in [-0.2, -0.15) is 0 Å². The standard InChI is InChI=1S/C24H26N2O4/c1-2-3-6-17-30-19-12-9-18(10-13-19)11-14-22-25-21-8-5-4-7-20(21)24(29)26(22)16-15-23(27)28/h4-5,7-14H,2-3,6,15-17H2,1H3,(H,27,28)/b14-11+. The highest BCUT2D eigenvalue weighted by molar-refractivity contribution is 5.79. The number of hydrogen-bond acceptors (Lipinski definition) is 4. The first kappa shape index (κ1) is 21.3. The van der Waals surface area contributed by atoms with Crippen LogP contribution in [-0.4, -0.2) is 27.2 Å². The second-order valence-electron chi connectivity index (χ2n) is 7.05. The molecule has 0 amide bonds. The Kier molecular flexibility index (Phi) is 7.38. The van der Waals surface area contributed by atoms with Crippen molar-refractivity contribution in [2.45, 2.75) is 39.2 Å². The Hall–Kier alpha value is -3.41. The van der Waals surface area contributed by atoms with E-state index in [2.05, 4.69) is 11.9 Å². The number of aliphatic carboxylic acids is 1. The smallest absolute Gasteiger partial charge is 0.305 e. The van der Waals surface area contributed by atoms with Crippen LogP contribution in [0.1, 0.15) is 44.0 Å². The quantitative estimate of drug-likeness (QED) is 0.497. The summed E-state index contributed by atoms with van der Waals surface area (Å²) in [5.41, 5.74) is 1.28. The highest BCUT2D eigenvalue weighted by Crippen LogP contribution is 2.16. The summed E-state index contributed by atoms with van der Waals surface area (Å²) in [4.78, 5) is 28.4. The Morgan fingerprint density at radius 2 is 1.87 bits per heavy atom. The van der Waals surface area contributed by atoms with Crippen LogP contribution in [0.4, 0.5) is 0 Å². The average Bonchev–Trinajstić information content (AvgIpc) is 2.75. The molecule has 3 rings (SSSR count). The number of rotatable bonds is 10. The molecule has 0 aliphatic heterocycles. The Bertz CT molecular complexity index is 1080. The summed E-state index contributed by atoms with van der Waals surface area (Å²) in [6, 6.07) is 14.8. The Morgan fingerprint density at radius 3 is 2.60 bits per heavy atom. The number of ether oxygens (including phenoxy) is 1. The maximum absolute atomic E-state index is 12.8. The molecule has 6 nitrogen and oxygen atoms in total. The van der Waals surface area contributed by atoms with Crippen molar-refractivity contribution in [3.8, 4) is 5.75 Å². The van der Waals surface area contributed by atoms with Gasteiger partial charge in [-0.3, -0.25) is 14.2 Å². The van der Waals surface area contributed by atoms with E-state index >= 15 is 0 Å². The van der Waals surface area contributed by atoms with Gasteiger partial charge in [0.1, 0.15) is 11.6 Å². The summed E-state index contributed by atoms with van der Waals surface area (Å²) in [5, 5.41) is 9.51. The van der Waals surface area contributed by atoms with E-state index in [1.807, 2.05) is 36.4 Å². The van der Waals surface area contributed by atoms with E-state index in [1.54, 1.807) is 24.3 Å². The number of hydrogen-bond donors (Lipinski definition) is 1. The third kappa shape index (κ3) is 5.56. The summed E-state index contributed by atoms with van der Waals surface area (Å²) < 4.78 is 7.14. The van der Waals surface area contributed by atoms with Crippen LogP contribution < -0.4 is 10.3 Å². The summed E-state index contributed by atoms with van der Waals surface area (Å²) >= 11 is 0. The van der Waals surface area contributed by atoms with Gasteiger partial charge in [-0.1, -0.05) is 50.1 Å². The summed E-state index contributed by atoms with van der Waals surface area (Å²) in [6.07, 6.45) is 6.81. The van der Waals surface area contributed by atoms with Crippen molar-refractivity contribution < 1.29 is 14.6 Å². The van der Waals surface area contributed by atoms with Crippen molar-refractivity contribution >= 4 is 29.0 Å². The molecule has 0 unspecified atom stereocenters. The van der Waals surface area contributed by atoms with Crippen LogP contribution in [0, 0.1) is 0 Å². The third-order valence-electron chi connectivity index (χ3n) is 4.76. The maximum Gasteiger partial charge on any atom is 0.305 e. The van der Waals surface area contributed by atoms with Gasteiger partial charge in [0.05, 0.1) is 23.9 Å². The van der Waals surface area contributed by atoms with Gasteiger partial charge in [0, 0.05) is 6.54 Å². The Labute approximate surface area is 175 Å². The van der Waals surface area contributed by atoms with E-state index in [0.29, 0.717) is 23.3 Å². The fourth-order valence-corrected chi connectivity index (χ4v) is 3.12. The molecule has 2 aromatic carbocycles. The predicted molar refractivity (Wildman–Crippen MR) is 119 cm³/mol. The van der Waals surface area contributed by atoms with E-state index < -0.39 is 5.97 Å². The van der Waals surface area contributed by atoms with Gasteiger partial charge in [-0.15, -0.1) is 0 Å². The second kappa shape index (κ2) is 10.4. The van der Waals surface area contributed by atoms with Gasteiger partial charge >= 0.3 is 5.97 Å². The van der Waals surface area contributed by atoms with E-state index in [1.165, 1.54) is 4.57 Å². The Morgan fingerprint density at radius 1 is 1.10 bits per heavy atom. The van der Waals surface area contributed by atoms with Gasteiger partial charge in [0.15, 0.2) is 0 Å². The first-order valence-corrected chi connectivity index (χ1v) is 10.2. The lowest BCUT2D eigenvalue weighted by molar-refractivity contribution is -0.137. The van der Waals surface area contributed by atoms with E-state index in [-0.39, 0.29) is 18.5 Å². The molecular weight excluding hydrogens is 380 g/mol. The third-order valence-corrected chi connectivity index (χ3v) is 4.76. The van der Waals surface area contributed by atoms with Crippen LogP contribution in [0.5, 0.6) is 5.75 Å². The molecule has 0 saturated carbocycles. The van der Waals surface area contributed by atoms with Crippen molar-refractivity contribution in [2.75, 3.05) is 6.61 Å². The monoisotopic (exact) mass is 406 g/mol. The van der Waals surface area contributed by atoms with Crippen LogP contribution in [0.15, 0.2) is 53.3 Å². The molecular formula is C24H26N2O4. The van der Waals surface area contributed by atoms with Gasteiger partial charge < -0.3 is 9.84 Å². The first-order valence-electron chi connectivity index (χ1n) is 10.2. The molecule has 3 aromatic rings. The zero-order valence-electron chi connectivity index (χ0n) is 17.1. The topological polar surface area (TPSA) is 81.4 Å². The number of aromatic nitrogens is 2. The lowest BCUT2D eigenvalue weighted by Gasteiger charge is -2.10. The lowest BCUT2D eigenvalue weighted by atomic mass is 10.2. The van der Waals surface area contributed by atoms with Crippen LogP contribution in [0.25, 0.3) is 23.1 Å². The fourth-order valence-electron chi connectivity index (χ4n) is 3.12. The van der Waals surface area contributed by atoms with E-state index in [0.717, 1.165) is 30.6 Å². The first-order chi connectivity index (χ1) is 14.6.